The Morgan fingerprint density at radius 2 is 2.22 bits per heavy atom. The number of halogens is 1. The van der Waals surface area contributed by atoms with E-state index in [9.17, 15) is 9.59 Å². The number of nitrogens with zero attached hydrogens (tertiary/aromatic N) is 2. The van der Waals surface area contributed by atoms with E-state index >= 15 is 0 Å². The van der Waals surface area contributed by atoms with Crippen molar-refractivity contribution in [3.05, 3.63) is 39.3 Å². The molecule has 0 spiro atoms. The van der Waals surface area contributed by atoms with E-state index in [-0.39, 0.29) is 12.0 Å². The van der Waals surface area contributed by atoms with E-state index in [1.54, 1.807) is 13.1 Å². The molecule has 0 aliphatic rings. The lowest BCUT2D eigenvalue weighted by molar-refractivity contribution is -0.139. The zero-order chi connectivity index (χ0) is 13.3. The number of hydrogen-bond donors (Lipinski definition) is 0. The molecule has 0 amide bonds. The molecule has 0 radical (unpaired) electrons. The van der Waals surface area contributed by atoms with Crippen molar-refractivity contribution in [2.45, 2.75) is 6.42 Å². The maximum atomic E-state index is 11.6. The summed E-state index contributed by atoms with van der Waals surface area (Å²) in [6.45, 7) is 0. The van der Waals surface area contributed by atoms with Gasteiger partial charge in [0.15, 0.2) is 0 Å². The van der Waals surface area contributed by atoms with Crippen LogP contribution in [-0.4, -0.2) is 22.6 Å². The van der Waals surface area contributed by atoms with Crippen molar-refractivity contribution < 1.29 is 9.53 Å². The van der Waals surface area contributed by atoms with Crippen LogP contribution in [-0.2, 0) is 23.0 Å². The average molecular weight is 267 g/mol. The van der Waals surface area contributed by atoms with E-state index in [1.807, 2.05) is 0 Å². The number of pyridine rings is 2. The van der Waals surface area contributed by atoms with E-state index in [1.165, 1.54) is 23.9 Å². The van der Waals surface area contributed by atoms with Gasteiger partial charge in [0.1, 0.15) is 0 Å². The predicted molar refractivity (Wildman–Crippen MR) is 67.7 cm³/mol. The number of aryl methyl sites for hydroxylation is 1. The number of ether oxygens (including phenoxy) is 1. The molecule has 0 atom stereocenters. The lowest BCUT2D eigenvalue weighted by atomic mass is 10.1. The van der Waals surface area contributed by atoms with Crippen LogP contribution >= 0.6 is 11.6 Å². The first-order valence-electron chi connectivity index (χ1n) is 5.24. The fraction of sp³-hybridized carbons (Fsp3) is 0.250. The Morgan fingerprint density at radius 3 is 2.89 bits per heavy atom. The Hall–Kier alpha value is -1.88. The van der Waals surface area contributed by atoms with Gasteiger partial charge in [-0.25, -0.2) is 0 Å². The summed E-state index contributed by atoms with van der Waals surface area (Å²) in [6.07, 6.45) is 1.47. The van der Waals surface area contributed by atoms with E-state index < -0.39 is 5.97 Å². The molecule has 2 rings (SSSR count). The summed E-state index contributed by atoms with van der Waals surface area (Å²) in [5.41, 5.74) is 1.53. The molecule has 0 saturated heterocycles. The van der Waals surface area contributed by atoms with Gasteiger partial charge in [-0.2, -0.15) is 0 Å². The van der Waals surface area contributed by atoms with Crippen LogP contribution < -0.4 is 5.56 Å². The largest absolute Gasteiger partial charge is 0.469 e. The highest BCUT2D eigenvalue weighted by atomic mass is 35.5. The zero-order valence-corrected chi connectivity index (χ0v) is 10.7. The first-order chi connectivity index (χ1) is 8.54. The average Bonchev–Trinajstić information content (AvgIpc) is 2.36. The summed E-state index contributed by atoms with van der Waals surface area (Å²) < 4.78 is 6.05. The van der Waals surface area contributed by atoms with Crippen molar-refractivity contribution in [1.82, 2.24) is 9.55 Å². The highest BCUT2D eigenvalue weighted by Gasteiger charge is 2.14. The third-order valence-corrected chi connectivity index (χ3v) is 3.06. The van der Waals surface area contributed by atoms with Gasteiger partial charge in [0.2, 0.25) is 0 Å². The van der Waals surface area contributed by atoms with Crippen LogP contribution in [0.15, 0.2) is 23.1 Å². The molecule has 0 N–H and O–H groups in total. The highest BCUT2D eigenvalue weighted by Crippen LogP contribution is 2.23. The van der Waals surface area contributed by atoms with Crippen molar-refractivity contribution in [3.63, 3.8) is 0 Å². The number of hydrogen-bond acceptors (Lipinski definition) is 4. The minimum absolute atomic E-state index is 0.00560. The van der Waals surface area contributed by atoms with E-state index in [4.69, 9.17) is 11.6 Å². The van der Waals surface area contributed by atoms with Crippen molar-refractivity contribution in [2.24, 2.45) is 7.05 Å². The number of fused-ring (bicyclic) bond motifs is 1. The highest BCUT2D eigenvalue weighted by molar-refractivity contribution is 6.32. The van der Waals surface area contributed by atoms with Crippen LogP contribution in [0.1, 0.15) is 5.56 Å². The third kappa shape index (κ3) is 2.09. The number of aromatic nitrogens is 2. The maximum Gasteiger partial charge on any atom is 0.310 e. The molecule has 5 nitrogen and oxygen atoms in total. The molecular formula is C12H11ClN2O3. The zero-order valence-electron chi connectivity index (χ0n) is 9.94. The quantitative estimate of drug-likeness (QED) is 0.769. The normalized spacial score (nSPS) is 10.6. The second-order valence-corrected chi connectivity index (χ2v) is 4.21. The monoisotopic (exact) mass is 266 g/mol. The third-order valence-electron chi connectivity index (χ3n) is 2.73. The standard InChI is InChI=1S/C12H11ClN2O3/c1-15-10(16)4-3-9-12(15)7(5-11(17)18-2)8(13)6-14-9/h3-4,6H,5H2,1-2H3. The molecule has 0 aromatic carbocycles. The fourth-order valence-corrected chi connectivity index (χ4v) is 1.99. The lowest BCUT2D eigenvalue weighted by Crippen LogP contribution is -2.18. The van der Waals surface area contributed by atoms with Gasteiger partial charge in [-0.3, -0.25) is 14.6 Å². The molecular weight excluding hydrogens is 256 g/mol. The number of rotatable bonds is 2. The van der Waals surface area contributed by atoms with Crippen molar-refractivity contribution >= 4 is 28.6 Å². The molecule has 0 unspecified atom stereocenters. The van der Waals surface area contributed by atoms with Crippen LogP contribution in [0.2, 0.25) is 5.02 Å². The number of methoxy groups -OCH3 is 1. The van der Waals surface area contributed by atoms with E-state index in [0.29, 0.717) is 21.6 Å². The SMILES string of the molecule is COC(=O)Cc1c(Cl)cnc2ccc(=O)n(C)c12. The lowest BCUT2D eigenvalue weighted by Gasteiger charge is -2.10. The Balaban J connectivity index is 2.76. The Bertz CT molecular complexity index is 679. The Morgan fingerprint density at radius 1 is 1.50 bits per heavy atom. The Kier molecular flexibility index (Phi) is 3.34. The molecule has 0 aliphatic carbocycles. The van der Waals surface area contributed by atoms with Crippen LogP contribution in [0, 0.1) is 0 Å². The first kappa shape index (κ1) is 12.6. The smallest absolute Gasteiger partial charge is 0.310 e. The summed E-state index contributed by atoms with van der Waals surface area (Å²) in [5, 5.41) is 0.342. The molecule has 2 aromatic heterocycles. The van der Waals surface area contributed by atoms with E-state index in [0.717, 1.165) is 0 Å². The van der Waals surface area contributed by atoms with Crippen molar-refractivity contribution in [2.75, 3.05) is 7.11 Å². The first-order valence-corrected chi connectivity index (χ1v) is 5.62. The summed E-state index contributed by atoms with van der Waals surface area (Å²) in [5.74, 6) is -0.416. The fourth-order valence-electron chi connectivity index (χ4n) is 1.79. The number of carbonyl (C=O) groups is 1. The molecule has 2 heterocycles. The summed E-state index contributed by atoms with van der Waals surface area (Å²) in [4.78, 5) is 27.1. The van der Waals surface area contributed by atoms with Gasteiger partial charge in [-0.15, -0.1) is 0 Å². The summed E-state index contributed by atoms with van der Waals surface area (Å²) >= 11 is 6.04. The molecule has 0 aliphatic heterocycles. The van der Waals surface area contributed by atoms with Gasteiger partial charge in [-0.1, -0.05) is 11.6 Å². The minimum Gasteiger partial charge on any atom is -0.469 e. The van der Waals surface area contributed by atoms with Gasteiger partial charge in [0, 0.05) is 24.9 Å². The number of carbonyl (C=O) groups excluding carboxylic acids is 1. The minimum atomic E-state index is -0.416. The van der Waals surface area contributed by atoms with Gasteiger partial charge in [-0.05, 0) is 6.07 Å². The van der Waals surface area contributed by atoms with Crippen molar-refractivity contribution in [1.29, 1.82) is 0 Å². The van der Waals surface area contributed by atoms with Crippen molar-refractivity contribution in [3.8, 4) is 0 Å². The van der Waals surface area contributed by atoms with E-state index in [2.05, 4.69) is 9.72 Å². The van der Waals surface area contributed by atoms with Crippen LogP contribution in [0.5, 0.6) is 0 Å². The van der Waals surface area contributed by atoms with Crippen LogP contribution in [0.25, 0.3) is 11.0 Å². The molecule has 0 fully saturated rings. The molecule has 2 aromatic rings. The molecule has 6 heteroatoms. The van der Waals surface area contributed by atoms with Crippen LogP contribution in [0.4, 0.5) is 0 Å². The molecule has 0 bridgehead atoms. The van der Waals surface area contributed by atoms with Gasteiger partial charge in [0.25, 0.3) is 5.56 Å². The van der Waals surface area contributed by atoms with Gasteiger partial charge in [0.05, 0.1) is 29.6 Å². The molecule has 0 saturated carbocycles. The van der Waals surface area contributed by atoms with Gasteiger partial charge < -0.3 is 9.30 Å². The topological polar surface area (TPSA) is 61.2 Å². The Labute approximate surface area is 108 Å². The summed E-state index contributed by atoms with van der Waals surface area (Å²) in [6, 6.07) is 3.03. The number of esters is 1. The van der Waals surface area contributed by atoms with Crippen LogP contribution in [0.3, 0.4) is 0 Å². The van der Waals surface area contributed by atoms with Gasteiger partial charge >= 0.3 is 5.97 Å². The molecule has 18 heavy (non-hydrogen) atoms. The molecule has 94 valence electrons. The second-order valence-electron chi connectivity index (χ2n) is 3.80. The maximum absolute atomic E-state index is 11.6. The predicted octanol–water partition coefficient (Wildman–Crippen LogP) is 1.30. The summed E-state index contributed by atoms with van der Waals surface area (Å²) in [7, 11) is 2.92. The second kappa shape index (κ2) is 4.78.